The smallest absolute Gasteiger partial charge is 0.256 e. The van der Waals surface area contributed by atoms with E-state index in [-0.39, 0.29) is 11.7 Å². The van der Waals surface area contributed by atoms with E-state index in [1.807, 2.05) is 0 Å². The normalized spacial score (nSPS) is 9.95. The molecule has 0 saturated carbocycles. The Morgan fingerprint density at radius 1 is 1.11 bits per heavy atom. The monoisotopic (exact) mass is 254 g/mol. The van der Waals surface area contributed by atoms with E-state index < -0.39 is 0 Å². The van der Waals surface area contributed by atoms with Crippen LogP contribution in [0.4, 0.5) is 5.82 Å². The number of benzene rings is 1. The second-order valence-corrected chi connectivity index (χ2v) is 4.03. The number of carbonyl (C=O) groups excluding carboxylic acids is 2. The number of Topliss-reactive ketones (excluding diaryl/α,β-unsaturated/α-hetero) is 1. The number of nitrogens with zero attached hydrogens (tertiary/aromatic N) is 1. The summed E-state index contributed by atoms with van der Waals surface area (Å²) in [5.41, 5.74) is 1.00. The van der Waals surface area contributed by atoms with Gasteiger partial charge < -0.3 is 5.32 Å². The van der Waals surface area contributed by atoms with Crippen molar-refractivity contribution < 1.29 is 9.59 Å². The van der Waals surface area contributed by atoms with Gasteiger partial charge in [-0.05, 0) is 24.3 Å². The third kappa shape index (κ3) is 3.25. The van der Waals surface area contributed by atoms with Crippen LogP contribution < -0.4 is 5.32 Å². The van der Waals surface area contributed by atoms with Gasteiger partial charge in [-0.25, -0.2) is 4.98 Å². The second kappa shape index (κ2) is 5.91. The van der Waals surface area contributed by atoms with Crippen LogP contribution in [0, 0.1) is 0 Å². The van der Waals surface area contributed by atoms with Crippen molar-refractivity contribution in [3.63, 3.8) is 0 Å². The van der Waals surface area contributed by atoms with E-state index in [1.54, 1.807) is 55.6 Å². The molecular weight excluding hydrogens is 240 g/mol. The summed E-state index contributed by atoms with van der Waals surface area (Å²) < 4.78 is 0. The number of hydrogen-bond acceptors (Lipinski definition) is 3. The molecule has 1 aromatic heterocycles. The number of nitrogens with one attached hydrogen (secondary N) is 1. The highest BCUT2D eigenvalue weighted by atomic mass is 16.1. The van der Waals surface area contributed by atoms with Crippen LogP contribution in [0.1, 0.15) is 34.1 Å². The third-order valence-electron chi connectivity index (χ3n) is 2.67. The largest absolute Gasteiger partial charge is 0.307 e. The predicted octanol–water partition coefficient (Wildman–Crippen LogP) is 2.93. The molecule has 0 unspecified atom stereocenters. The lowest BCUT2D eigenvalue weighted by molar-refractivity contribution is 0.0988. The first kappa shape index (κ1) is 13.0. The Labute approximate surface area is 111 Å². The zero-order chi connectivity index (χ0) is 13.7. The van der Waals surface area contributed by atoms with Gasteiger partial charge in [0.1, 0.15) is 5.82 Å². The van der Waals surface area contributed by atoms with E-state index in [9.17, 15) is 9.59 Å². The van der Waals surface area contributed by atoms with Gasteiger partial charge in [-0.15, -0.1) is 0 Å². The van der Waals surface area contributed by atoms with Crippen molar-refractivity contribution in [2.45, 2.75) is 13.3 Å². The van der Waals surface area contributed by atoms with Gasteiger partial charge in [0.15, 0.2) is 5.78 Å². The van der Waals surface area contributed by atoms with Gasteiger partial charge in [0, 0.05) is 23.7 Å². The molecule has 1 N–H and O–H groups in total. The van der Waals surface area contributed by atoms with Gasteiger partial charge in [0.25, 0.3) is 5.91 Å². The molecule has 1 heterocycles. The quantitative estimate of drug-likeness (QED) is 0.853. The molecule has 0 fully saturated rings. The Bertz CT molecular complexity index is 594. The van der Waals surface area contributed by atoms with Crippen molar-refractivity contribution in [3.05, 3.63) is 59.8 Å². The van der Waals surface area contributed by atoms with Crippen molar-refractivity contribution in [1.82, 2.24) is 4.98 Å². The molecule has 2 rings (SSSR count). The number of amides is 1. The zero-order valence-electron chi connectivity index (χ0n) is 10.6. The van der Waals surface area contributed by atoms with E-state index in [1.165, 1.54) is 0 Å². The number of ketones is 1. The molecule has 0 aliphatic carbocycles. The van der Waals surface area contributed by atoms with Gasteiger partial charge in [-0.3, -0.25) is 9.59 Å². The average Bonchev–Trinajstić information content (AvgIpc) is 2.47. The maximum Gasteiger partial charge on any atom is 0.256 e. The van der Waals surface area contributed by atoms with Crippen molar-refractivity contribution in [1.29, 1.82) is 0 Å². The molecule has 0 aliphatic rings. The molecule has 96 valence electrons. The minimum absolute atomic E-state index is 0.0208. The summed E-state index contributed by atoms with van der Waals surface area (Å²) >= 11 is 0. The molecule has 2 aromatic rings. The molecule has 1 amide bonds. The Balaban J connectivity index is 2.18. The highest BCUT2D eigenvalue weighted by Crippen LogP contribution is 2.10. The average molecular weight is 254 g/mol. The minimum atomic E-state index is -0.274. The Morgan fingerprint density at radius 2 is 1.89 bits per heavy atom. The number of aromatic nitrogens is 1. The van der Waals surface area contributed by atoms with Crippen LogP contribution in [0.3, 0.4) is 0 Å². The molecule has 0 bridgehead atoms. The summed E-state index contributed by atoms with van der Waals surface area (Å²) in [6, 6.07) is 12.0. The fourth-order valence-corrected chi connectivity index (χ4v) is 1.66. The van der Waals surface area contributed by atoms with E-state index in [0.717, 1.165) is 0 Å². The van der Waals surface area contributed by atoms with Crippen LogP contribution in [-0.2, 0) is 0 Å². The van der Waals surface area contributed by atoms with Crippen LogP contribution in [-0.4, -0.2) is 16.7 Å². The van der Waals surface area contributed by atoms with E-state index in [4.69, 9.17) is 0 Å². The van der Waals surface area contributed by atoms with Gasteiger partial charge in [0.05, 0.1) is 0 Å². The Morgan fingerprint density at radius 3 is 2.58 bits per heavy atom. The Kier molecular flexibility index (Phi) is 4.03. The molecule has 0 spiro atoms. The number of rotatable bonds is 4. The van der Waals surface area contributed by atoms with E-state index >= 15 is 0 Å². The molecule has 0 radical (unpaired) electrons. The van der Waals surface area contributed by atoms with Crippen LogP contribution >= 0.6 is 0 Å². The predicted molar refractivity (Wildman–Crippen MR) is 73.3 cm³/mol. The van der Waals surface area contributed by atoms with Gasteiger partial charge >= 0.3 is 0 Å². The van der Waals surface area contributed by atoms with Gasteiger partial charge in [-0.2, -0.15) is 0 Å². The second-order valence-electron chi connectivity index (χ2n) is 4.03. The van der Waals surface area contributed by atoms with Crippen LogP contribution in [0.5, 0.6) is 0 Å². The highest BCUT2D eigenvalue weighted by molar-refractivity contribution is 6.06. The number of pyridine rings is 1. The lowest BCUT2D eigenvalue weighted by Crippen LogP contribution is -2.13. The van der Waals surface area contributed by atoms with Crippen LogP contribution in [0.15, 0.2) is 48.7 Å². The zero-order valence-corrected chi connectivity index (χ0v) is 10.6. The van der Waals surface area contributed by atoms with Crippen molar-refractivity contribution in [3.8, 4) is 0 Å². The first-order valence-electron chi connectivity index (χ1n) is 6.06. The lowest BCUT2D eigenvalue weighted by atomic mass is 10.1. The van der Waals surface area contributed by atoms with E-state index in [2.05, 4.69) is 10.3 Å². The molecule has 1 aromatic carbocycles. The van der Waals surface area contributed by atoms with Crippen LogP contribution in [0.2, 0.25) is 0 Å². The number of hydrogen-bond donors (Lipinski definition) is 1. The van der Waals surface area contributed by atoms with Gasteiger partial charge in [0.2, 0.25) is 0 Å². The molecule has 19 heavy (non-hydrogen) atoms. The minimum Gasteiger partial charge on any atom is -0.307 e. The fraction of sp³-hybridized carbons (Fsp3) is 0.133. The Hall–Kier alpha value is -2.49. The molecule has 4 heteroatoms. The maximum absolute atomic E-state index is 12.0. The standard InChI is InChI=1S/C15H14N2O2/c1-2-13(18)11-6-5-7-12(10-11)15(19)17-14-8-3-4-9-16-14/h3-10H,2H2,1H3,(H,16,17,19). The topological polar surface area (TPSA) is 59.1 Å². The highest BCUT2D eigenvalue weighted by Gasteiger charge is 2.09. The number of carbonyl (C=O) groups is 2. The van der Waals surface area contributed by atoms with Crippen molar-refractivity contribution >= 4 is 17.5 Å². The van der Waals surface area contributed by atoms with Crippen LogP contribution in [0.25, 0.3) is 0 Å². The number of anilines is 1. The van der Waals surface area contributed by atoms with Crippen molar-refractivity contribution in [2.75, 3.05) is 5.32 Å². The SMILES string of the molecule is CCC(=O)c1cccc(C(=O)Nc2ccccn2)c1. The third-order valence-corrected chi connectivity index (χ3v) is 2.67. The fourth-order valence-electron chi connectivity index (χ4n) is 1.66. The van der Waals surface area contributed by atoms with Gasteiger partial charge in [-0.1, -0.05) is 25.1 Å². The molecular formula is C15H14N2O2. The summed E-state index contributed by atoms with van der Waals surface area (Å²) in [5.74, 6) is 0.233. The molecule has 4 nitrogen and oxygen atoms in total. The first-order chi connectivity index (χ1) is 9.20. The summed E-state index contributed by atoms with van der Waals surface area (Å²) in [7, 11) is 0. The summed E-state index contributed by atoms with van der Waals surface area (Å²) in [6.07, 6.45) is 2.03. The van der Waals surface area contributed by atoms with Crippen molar-refractivity contribution in [2.24, 2.45) is 0 Å². The summed E-state index contributed by atoms with van der Waals surface area (Å²) in [5, 5.41) is 2.68. The molecule has 0 saturated heterocycles. The first-order valence-corrected chi connectivity index (χ1v) is 6.06. The maximum atomic E-state index is 12.0. The summed E-state index contributed by atoms with van der Waals surface area (Å²) in [4.78, 5) is 27.6. The lowest BCUT2D eigenvalue weighted by Gasteiger charge is -2.05. The summed E-state index contributed by atoms with van der Waals surface area (Å²) in [6.45, 7) is 1.79. The molecule has 0 aliphatic heterocycles. The van der Waals surface area contributed by atoms with E-state index in [0.29, 0.717) is 23.4 Å². The molecule has 0 atom stereocenters.